The molecule has 0 fully saturated rings. The summed E-state index contributed by atoms with van der Waals surface area (Å²) in [5, 5.41) is 2.31. The molecule has 10 heteroatoms. The zero-order valence-corrected chi connectivity index (χ0v) is 18.7. The van der Waals surface area contributed by atoms with Crippen molar-refractivity contribution >= 4 is 21.6 Å². The Bertz CT molecular complexity index is 1230. The lowest BCUT2D eigenvalue weighted by atomic mass is 10.1. The maximum absolute atomic E-state index is 13.4. The van der Waals surface area contributed by atoms with E-state index in [1.807, 2.05) is 30.3 Å². The molecule has 0 saturated heterocycles. The zero-order valence-electron chi connectivity index (χ0n) is 17.9. The van der Waals surface area contributed by atoms with Crippen LogP contribution in [0.15, 0.2) is 77.7 Å². The van der Waals surface area contributed by atoms with E-state index in [9.17, 15) is 30.8 Å². The molecule has 0 heterocycles. The van der Waals surface area contributed by atoms with E-state index in [0.717, 1.165) is 11.6 Å². The molecule has 0 spiro atoms. The summed E-state index contributed by atoms with van der Waals surface area (Å²) >= 11 is 0. The highest BCUT2D eigenvalue weighted by Crippen LogP contribution is 2.33. The minimum Gasteiger partial charge on any atom is -0.326 e. The molecule has 0 aliphatic carbocycles. The van der Waals surface area contributed by atoms with Crippen molar-refractivity contribution in [2.45, 2.75) is 30.3 Å². The third-order valence-electron chi connectivity index (χ3n) is 4.98. The molecule has 0 unspecified atom stereocenters. The van der Waals surface area contributed by atoms with E-state index >= 15 is 0 Å². The van der Waals surface area contributed by atoms with E-state index in [4.69, 9.17) is 0 Å². The average Bonchev–Trinajstić information content (AvgIpc) is 2.79. The number of alkyl halides is 3. The lowest BCUT2D eigenvalue weighted by Crippen LogP contribution is -2.26. The fraction of sp³-hybridized carbons (Fsp3) is 0.208. The molecule has 3 aromatic rings. The van der Waals surface area contributed by atoms with Gasteiger partial charge in [-0.1, -0.05) is 42.5 Å². The van der Waals surface area contributed by atoms with Crippen molar-refractivity contribution in [3.8, 4) is 0 Å². The molecule has 0 bridgehead atoms. The molecule has 0 atom stereocenters. The van der Waals surface area contributed by atoms with Crippen LogP contribution in [-0.4, -0.2) is 20.9 Å². The predicted molar refractivity (Wildman–Crippen MR) is 120 cm³/mol. The molecule has 0 aliphatic heterocycles. The Morgan fingerprint density at radius 3 is 2.15 bits per heavy atom. The van der Waals surface area contributed by atoms with Crippen molar-refractivity contribution in [1.29, 1.82) is 0 Å². The van der Waals surface area contributed by atoms with Gasteiger partial charge >= 0.3 is 6.18 Å². The fourth-order valence-electron chi connectivity index (χ4n) is 3.19. The molecule has 3 aromatic carbocycles. The first kappa shape index (κ1) is 25.4. The number of benzene rings is 3. The molecule has 3 rings (SSSR count). The number of carbonyl (C=O) groups is 1. The Hall–Kier alpha value is -3.24. The van der Waals surface area contributed by atoms with Gasteiger partial charge in [0.2, 0.25) is 15.9 Å². The number of hydrogen-bond donors (Lipinski definition) is 2. The SMILES string of the molecule is O=C(CCc1ccc(S(=O)(=O)NCCc2ccccc2)cc1)Nc1ccc(F)c(C(F)(F)F)c1. The van der Waals surface area contributed by atoms with Crippen molar-refractivity contribution in [1.82, 2.24) is 4.72 Å². The summed E-state index contributed by atoms with van der Waals surface area (Å²) < 4.78 is 79.2. The summed E-state index contributed by atoms with van der Waals surface area (Å²) in [6, 6.07) is 17.7. The second-order valence-electron chi connectivity index (χ2n) is 7.52. The Labute approximate surface area is 194 Å². The molecule has 1 amide bonds. The Morgan fingerprint density at radius 2 is 1.50 bits per heavy atom. The molecule has 0 radical (unpaired) electrons. The standard InChI is InChI=1S/C24H22F4N2O3S/c25-22-12-9-19(16-21(22)24(26,27)28)30-23(31)13-8-18-6-10-20(11-7-18)34(32,33)29-15-14-17-4-2-1-3-5-17/h1-7,9-12,16,29H,8,13-15H2,(H,30,31). The van der Waals surface area contributed by atoms with Gasteiger partial charge in [-0.15, -0.1) is 0 Å². The van der Waals surface area contributed by atoms with Gasteiger partial charge in [-0.3, -0.25) is 4.79 Å². The molecule has 0 aliphatic rings. The van der Waals surface area contributed by atoms with Crippen LogP contribution in [0, 0.1) is 5.82 Å². The summed E-state index contributed by atoms with van der Waals surface area (Å²) in [6.45, 7) is 0.244. The van der Waals surface area contributed by atoms with E-state index < -0.39 is 33.5 Å². The molecule has 2 N–H and O–H groups in total. The van der Waals surface area contributed by atoms with E-state index in [-0.39, 0.29) is 30.0 Å². The van der Waals surface area contributed by atoms with Crippen molar-refractivity contribution in [3.63, 3.8) is 0 Å². The number of anilines is 1. The first-order chi connectivity index (χ1) is 16.0. The van der Waals surface area contributed by atoms with Gasteiger partial charge in [0.25, 0.3) is 0 Å². The van der Waals surface area contributed by atoms with E-state index in [1.165, 1.54) is 12.1 Å². The number of aryl methyl sites for hydroxylation is 1. The van der Waals surface area contributed by atoms with E-state index in [0.29, 0.717) is 24.1 Å². The number of halogens is 4. The maximum Gasteiger partial charge on any atom is 0.419 e. The molecule has 0 saturated carbocycles. The smallest absolute Gasteiger partial charge is 0.326 e. The Balaban J connectivity index is 1.52. The largest absolute Gasteiger partial charge is 0.419 e. The number of nitrogens with one attached hydrogen (secondary N) is 2. The number of carbonyl (C=O) groups excluding carboxylic acids is 1. The highest BCUT2D eigenvalue weighted by atomic mass is 32.2. The lowest BCUT2D eigenvalue weighted by molar-refractivity contribution is -0.140. The highest BCUT2D eigenvalue weighted by Gasteiger charge is 2.34. The number of rotatable bonds is 9. The van der Waals surface area contributed by atoms with Crippen LogP contribution in [0.3, 0.4) is 0 Å². The molecule has 0 aromatic heterocycles. The Kier molecular flexibility index (Phi) is 8.06. The van der Waals surface area contributed by atoms with Crippen molar-refractivity contribution in [2.24, 2.45) is 0 Å². The van der Waals surface area contributed by atoms with Crippen LogP contribution >= 0.6 is 0 Å². The van der Waals surface area contributed by atoms with Gasteiger partial charge in [0.05, 0.1) is 10.5 Å². The fourth-order valence-corrected chi connectivity index (χ4v) is 4.23. The van der Waals surface area contributed by atoms with Crippen molar-refractivity contribution in [3.05, 3.63) is 95.3 Å². The van der Waals surface area contributed by atoms with Gasteiger partial charge < -0.3 is 5.32 Å². The van der Waals surface area contributed by atoms with Gasteiger partial charge in [-0.2, -0.15) is 13.2 Å². The number of sulfonamides is 1. The molecule has 180 valence electrons. The molecular weight excluding hydrogens is 472 g/mol. The zero-order chi connectivity index (χ0) is 24.8. The van der Waals surface area contributed by atoms with E-state index in [1.54, 1.807) is 12.1 Å². The van der Waals surface area contributed by atoms with Crippen molar-refractivity contribution in [2.75, 3.05) is 11.9 Å². The minimum atomic E-state index is -4.87. The highest BCUT2D eigenvalue weighted by molar-refractivity contribution is 7.89. The number of hydrogen-bond acceptors (Lipinski definition) is 3. The van der Waals surface area contributed by atoms with Crippen LogP contribution in [0.2, 0.25) is 0 Å². The van der Waals surface area contributed by atoms with Gasteiger partial charge in [-0.25, -0.2) is 17.5 Å². The summed E-state index contributed by atoms with van der Waals surface area (Å²) in [5.41, 5.74) is 0.0591. The quantitative estimate of drug-likeness (QED) is 0.414. The summed E-state index contributed by atoms with van der Waals surface area (Å²) in [4.78, 5) is 12.2. The van der Waals surface area contributed by atoms with Crippen LogP contribution in [0.25, 0.3) is 0 Å². The van der Waals surface area contributed by atoms with Gasteiger partial charge in [-0.05, 0) is 54.3 Å². The van der Waals surface area contributed by atoms with Gasteiger partial charge in [0.15, 0.2) is 0 Å². The molecule has 34 heavy (non-hydrogen) atoms. The number of amides is 1. The van der Waals surface area contributed by atoms with Crippen LogP contribution in [0.1, 0.15) is 23.1 Å². The molecular formula is C24H22F4N2O3S. The third-order valence-corrected chi connectivity index (χ3v) is 6.46. The normalized spacial score (nSPS) is 11.9. The van der Waals surface area contributed by atoms with Gasteiger partial charge in [0, 0.05) is 18.7 Å². The topological polar surface area (TPSA) is 75.3 Å². The summed E-state index contributed by atoms with van der Waals surface area (Å²) in [7, 11) is -3.69. The maximum atomic E-state index is 13.4. The van der Waals surface area contributed by atoms with Gasteiger partial charge in [0.1, 0.15) is 5.82 Å². The predicted octanol–water partition coefficient (Wildman–Crippen LogP) is 4.94. The van der Waals surface area contributed by atoms with Crippen LogP contribution in [0.5, 0.6) is 0 Å². The van der Waals surface area contributed by atoms with Crippen LogP contribution in [0.4, 0.5) is 23.2 Å². The Morgan fingerprint density at radius 1 is 0.853 bits per heavy atom. The second-order valence-corrected chi connectivity index (χ2v) is 9.28. The van der Waals surface area contributed by atoms with Crippen LogP contribution in [-0.2, 0) is 33.8 Å². The summed E-state index contributed by atoms with van der Waals surface area (Å²) in [5.74, 6) is -1.98. The first-order valence-electron chi connectivity index (χ1n) is 10.3. The lowest BCUT2D eigenvalue weighted by Gasteiger charge is -2.11. The summed E-state index contributed by atoms with van der Waals surface area (Å²) in [6.07, 6.45) is -4.14. The van der Waals surface area contributed by atoms with E-state index in [2.05, 4.69) is 10.0 Å². The minimum absolute atomic E-state index is 0.0554. The average molecular weight is 495 g/mol. The first-order valence-corrected chi connectivity index (χ1v) is 11.8. The van der Waals surface area contributed by atoms with Crippen LogP contribution < -0.4 is 10.0 Å². The van der Waals surface area contributed by atoms with Crippen molar-refractivity contribution < 1.29 is 30.8 Å². The second kappa shape index (κ2) is 10.8. The third kappa shape index (κ3) is 7.13. The molecule has 5 nitrogen and oxygen atoms in total. The monoisotopic (exact) mass is 494 g/mol.